The number of para-hydroxylation sites is 1. The number of fused-ring (bicyclic) bond motifs is 1. The second-order valence-electron chi connectivity index (χ2n) is 7.20. The lowest BCUT2D eigenvalue weighted by atomic mass is 10.0. The van der Waals surface area contributed by atoms with E-state index in [0.29, 0.717) is 0 Å². The van der Waals surface area contributed by atoms with Gasteiger partial charge in [0.1, 0.15) is 12.1 Å². The van der Waals surface area contributed by atoms with Crippen LogP contribution in [0.2, 0.25) is 0 Å². The maximum absolute atomic E-state index is 12.9. The topological polar surface area (TPSA) is 187 Å². The number of amides is 3. The Morgan fingerprint density at radius 2 is 1.75 bits per heavy atom. The van der Waals surface area contributed by atoms with Crippen molar-refractivity contribution in [2.45, 2.75) is 37.6 Å². The number of aliphatic hydroxyl groups excluding tert-OH is 1. The first kappa shape index (κ1) is 25.2. The molecule has 2 aromatic rings. The van der Waals surface area contributed by atoms with Crippen molar-refractivity contribution in [2.75, 3.05) is 12.3 Å². The minimum Gasteiger partial charge on any atom is -0.480 e. The van der Waals surface area contributed by atoms with Crippen LogP contribution in [0, 0.1) is 0 Å². The Hall–Kier alpha value is -3.09. The van der Waals surface area contributed by atoms with Crippen molar-refractivity contribution in [1.29, 1.82) is 0 Å². The Morgan fingerprint density at radius 3 is 2.34 bits per heavy atom. The molecule has 12 heteroatoms. The number of aromatic amines is 1. The number of carbonyl (C=O) groups excluding carboxylic acids is 3. The van der Waals surface area contributed by atoms with Gasteiger partial charge in [-0.15, -0.1) is 0 Å². The molecule has 1 aromatic heterocycles. The zero-order valence-corrected chi connectivity index (χ0v) is 18.3. The first-order chi connectivity index (χ1) is 15.2. The Labute approximate surface area is 189 Å². The highest BCUT2D eigenvalue weighted by atomic mass is 32.1. The molecule has 0 saturated heterocycles. The number of aliphatic carboxylic acids is 1. The molecule has 1 heterocycles. The summed E-state index contributed by atoms with van der Waals surface area (Å²) in [6.45, 7) is 0.885. The van der Waals surface area contributed by atoms with Crippen LogP contribution in [0.4, 0.5) is 0 Å². The van der Waals surface area contributed by atoms with Crippen molar-refractivity contribution in [3.63, 3.8) is 0 Å². The van der Waals surface area contributed by atoms with E-state index in [1.165, 1.54) is 6.92 Å². The van der Waals surface area contributed by atoms with Crippen molar-refractivity contribution in [3.05, 3.63) is 36.0 Å². The number of nitrogens with one attached hydrogen (secondary N) is 4. The molecule has 4 unspecified atom stereocenters. The Kier molecular flexibility index (Phi) is 9.05. The second-order valence-corrected chi connectivity index (χ2v) is 7.56. The highest BCUT2D eigenvalue weighted by Crippen LogP contribution is 2.19. The number of carboxylic acid groups (broad SMARTS) is 1. The van der Waals surface area contributed by atoms with Crippen molar-refractivity contribution >= 4 is 47.2 Å². The highest BCUT2D eigenvalue weighted by Gasteiger charge is 2.31. The van der Waals surface area contributed by atoms with Gasteiger partial charge in [-0.1, -0.05) is 18.2 Å². The molecule has 32 heavy (non-hydrogen) atoms. The molecule has 11 nitrogen and oxygen atoms in total. The van der Waals surface area contributed by atoms with E-state index in [1.54, 1.807) is 6.20 Å². The molecule has 2 rings (SSSR count). The van der Waals surface area contributed by atoms with E-state index in [9.17, 15) is 24.3 Å². The third-order valence-corrected chi connectivity index (χ3v) is 5.16. The van der Waals surface area contributed by atoms with E-state index in [-0.39, 0.29) is 18.7 Å². The molecule has 0 fully saturated rings. The van der Waals surface area contributed by atoms with E-state index in [4.69, 9.17) is 10.8 Å². The molecule has 4 atom stereocenters. The number of rotatable bonds is 11. The number of carboxylic acids is 1. The van der Waals surface area contributed by atoms with Crippen LogP contribution in [0.1, 0.15) is 12.5 Å². The zero-order chi connectivity index (χ0) is 23.8. The molecule has 0 aliphatic heterocycles. The van der Waals surface area contributed by atoms with E-state index < -0.39 is 47.9 Å². The molecular weight excluding hydrogens is 438 g/mol. The Bertz CT molecular complexity index is 978. The molecule has 0 spiro atoms. The predicted octanol–water partition coefficient (Wildman–Crippen LogP) is -1.48. The zero-order valence-electron chi connectivity index (χ0n) is 17.4. The summed E-state index contributed by atoms with van der Waals surface area (Å²) in [6, 6.07) is 3.63. The highest BCUT2D eigenvalue weighted by molar-refractivity contribution is 7.80. The molecule has 174 valence electrons. The molecule has 3 amide bonds. The van der Waals surface area contributed by atoms with Gasteiger partial charge in [-0.3, -0.25) is 14.4 Å². The van der Waals surface area contributed by atoms with E-state index in [0.717, 1.165) is 16.5 Å². The van der Waals surface area contributed by atoms with Crippen LogP contribution < -0.4 is 21.7 Å². The normalized spacial score (nSPS) is 14.8. The Balaban J connectivity index is 2.17. The van der Waals surface area contributed by atoms with Crippen LogP contribution in [0.3, 0.4) is 0 Å². The Morgan fingerprint density at radius 1 is 1.09 bits per heavy atom. The number of carbonyl (C=O) groups is 4. The molecule has 0 aliphatic carbocycles. The standard InChI is InChI=1S/C20H27N5O6S/c1-10(26)17(20(30)31)25-19(29)15(9-32)24-18(28)14(23-16(27)7-21)6-11-8-22-13-5-3-2-4-12(11)13/h2-5,8,10,14-15,17,22,26,32H,6-7,9,21H2,1H3,(H,23,27)(H,24,28)(H,25,29)(H,30,31). The lowest BCUT2D eigenvalue weighted by molar-refractivity contribution is -0.145. The van der Waals surface area contributed by atoms with Gasteiger partial charge in [0, 0.05) is 29.3 Å². The average Bonchev–Trinajstić information content (AvgIpc) is 3.17. The van der Waals surface area contributed by atoms with Gasteiger partial charge in [-0.05, 0) is 18.6 Å². The fraction of sp³-hybridized carbons (Fsp3) is 0.400. The first-order valence-electron chi connectivity index (χ1n) is 9.84. The summed E-state index contributed by atoms with van der Waals surface area (Å²) in [5.74, 6) is -3.64. The van der Waals surface area contributed by atoms with Gasteiger partial charge >= 0.3 is 5.97 Å². The molecule has 0 bridgehead atoms. The molecule has 0 saturated carbocycles. The number of hydrogen-bond donors (Lipinski definition) is 8. The van der Waals surface area contributed by atoms with E-state index in [1.807, 2.05) is 24.3 Å². The van der Waals surface area contributed by atoms with Gasteiger partial charge in [0.15, 0.2) is 6.04 Å². The fourth-order valence-corrected chi connectivity index (χ4v) is 3.35. The molecule has 0 aliphatic rings. The quantitative estimate of drug-likeness (QED) is 0.186. The largest absolute Gasteiger partial charge is 0.480 e. The molecule has 8 N–H and O–H groups in total. The van der Waals surface area contributed by atoms with Gasteiger partial charge in [0.25, 0.3) is 0 Å². The third-order valence-electron chi connectivity index (χ3n) is 4.80. The number of benzene rings is 1. The number of H-pyrrole nitrogens is 1. The minimum absolute atomic E-state index is 0.119. The van der Waals surface area contributed by atoms with Crippen LogP contribution in [0.25, 0.3) is 10.9 Å². The lowest BCUT2D eigenvalue weighted by Crippen LogP contribution is -2.58. The van der Waals surface area contributed by atoms with Crippen molar-refractivity contribution in [3.8, 4) is 0 Å². The van der Waals surface area contributed by atoms with Crippen molar-refractivity contribution in [2.24, 2.45) is 5.73 Å². The third kappa shape index (κ3) is 6.45. The fourth-order valence-electron chi connectivity index (χ4n) is 3.09. The van der Waals surface area contributed by atoms with Crippen LogP contribution in [-0.2, 0) is 25.6 Å². The van der Waals surface area contributed by atoms with Gasteiger partial charge in [0.05, 0.1) is 12.6 Å². The smallest absolute Gasteiger partial charge is 0.328 e. The van der Waals surface area contributed by atoms with Crippen LogP contribution in [0.15, 0.2) is 30.5 Å². The lowest BCUT2D eigenvalue weighted by Gasteiger charge is -2.24. The van der Waals surface area contributed by atoms with Gasteiger partial charge in [-0.2, -0.15) is 12.6 Å². The maximum atomic E-state index is 12.9. The predicted molar refractivity (Wildman–Crippen MR) is 120 cm³/mol. The van der Waals surface area contributed by atoms with Gasteiger partial charge in [0.2, 0.25) is 17.7 Å². The minimum atomic E-state index is -1.55. The number of nitrogens with two attached hydrogens (primary N) is 1. The summed E-state index contributed by atoms with van der Waals surface area (Å²) in [4.78, 5) is 51.6. The first-order valence-corrected chi connectivity index (χ1v) is 10.5. The molecule has 0 radical (unpaired) electrons. The summed E-state index contributed by atoms with van der Waals surface area (Å²) >= 11 is 4.05. The van der Waals surface area contributed by atoms with Crippen LogP contribution >= 0.6 is 12.6 Å². The number of hydrogen-bond acceptors (Lipinski definition) is 7. The van der Waals surface area contributed by atoms with E-state index >= 15 is 0 Å². The van der Waals surface area contributed by atoms with Crippen molar-refractivity contribution < 1.29 is 29.4 Å². The summed E-state index contributed by atoms with van der Waals surface area (Å²) in [6.07, 6.45) is 0.488. The SMILES string of the molecule is CC(O)C(NC(=O)C(CS)NC(=O)C(Cc1c[nH]c2ccccc12)NC(=O)CN)C(=O)O. The number of thiol groups is 1. The van der Waals surface area contributed by atoms with Crippen LogP contribution in [0.5, 0.6) is 0 Å². The van der Waals surface area contributed by atoms with E-state index in [2.05, 4.69) is 33.6 Å². The summed E-state index contributed by atoms with van der Waals surface area (Å²) in [7, 11) is 0. The maximum Gasteiger partial charge on any atom is 0.328 e. The molecule has 1 aromatic carbocycles. The summed E-state index contributed by atoms with van der Waals surface area (Å²) in [5, 5.41) is 26.7. The summed E-state index contributed by atoms with van der Waals surface area (Å²) in [5.41, 5.74) is 6.99. The van der Waals surface area contributed by atoms with Crippen molar-refractivity contribution in [1.82, 2.24) is 20.9 Å². The second kappa shape index (κ2) is 11.5. The number of aromatic nitrogens is 1. The van der Waals surface area contributed by atoms with Crippen LogP contribution in [-0.4, -0.2) is 75.4 Å². The molecular formula is C20H27N5O6S. The summed E-state index contributed by atoms with van der Waals surface area (Å²) < 4.78 is 0. The number of aliphatic hydroxyl groups is 1. The van der Waals surface area contributed by atoms with Gasteiger partial charge in [-0.25, -0.2) is 4.79 Å². The monoisotopic (exact) mass is 465 g/mol. The average molecular weight is 466 g/mol. The van der Waals surface area contributed by atoms with Gasteiger partial charge < -0.3 is 36.9 Å².